The molecule has 1 aliphatic heterocycles. The molecule has 0 aromatic heterocycles. The highest BCUT2D eigenvalue weighted by Gasteiger charge is 2.16. The number of hydrogen-bond donors (Lipinski definition) is 2. The molecule has 4 nitrogen and oxygen atoms in total. The van der Waals surface area contributed by atoms with Crippen LogP contribution in [0.3, 0.4) is 0 Å². The van der Waals surface area contributed by atoms with Gasteiger partial charge in [0.2, 0.25) is 0 Å². The summed E-state index contributed by atoms with van der Waals surface area (Å²) in [6, 6.07) is 6.23. The first-order valence-corrected chi connectivity index (χ1v) is 6.04. The smallest absolute Gasteiger partial charge is 0.122 e. The minimum atomic E-state index is 0.0308. The average molecular weight is 236 g/mol. The number of ether oxygens (including phenoxy) is 2. The number of hydrazine groups is 1. The van der Waals surface area contributed by atoms with Gasteiger partial charge in [0.25, 0.3) is 0 Å². The predicted molar refractivity (Wildman–Crippen MR) is 66.8 cm³/mol. The average Bonchev–Trinajstić information content (AvgIpc) is 2.76. The third kappa shape index (κ3) is 2.97. The Morgan fingerprint density at radius 1 is 1.47 bits per heavy atom. The fourth-order valence-corrected chi connectivity index (χ4v) is 1.95. The van der Waals surface area contributed by atoms with Crippen LogP contribution in [0.25, 0.3) is 0 Å². The third-order valence-electron chi connectivity index (χ3n) is 2.91. The third-order valence-corrected chi connectivity index (χ3v) is 2.91. The van der Waals surface area contributed by atoms with Crippen molar-refractivity contribution in [1.82, 2.24) is 5.43 Å². The fraction of sp³-hybridized carbons (Fsp3) is 0.538. The number of rotatable bonds is 5. The Morgan fingerprint density at radius 2 is 2.29 bits per heavy atom. The van der Waals surface area contributed by atoms with Crippen LogP contribution >= 0.6 is 0 Å². The summed E-state index contributed by atoms with van der Waals surface area (Å²) in [4.78, 5) is 0. The molecule has 0 aliphatic carbocycles. The predicted octanol–water partition coefficient (Wildman–Crippen LogP) is 1.55. The Morgan fingerprint density at radius 3 is 3.00 bits per heavy atom. The van der Waals surface area contributed by atoms with Crippen molar-refractivity contribution in [2.24, 2.45) is 5.84 Å². The summed E-state index contributed by atoms with van der Waals surface area (Å²) in [5, 5.41) is 0. The summed E-state index contributed by atoms with van der Waals surface area (Å²) in [6.07, 6.45) is 1.19. The Balaban J connectivity index is 2.08. The lowest BCUT2D eigenvalue weighted by Gasteiger charge is -2.18. The van der Waals surface area contributed by atoms with Crippen LogP contribution in [0.4, 0.5) is 0 Å². The molecular weight excluding hydrogens is 216 g/mol. The molecular formula is C13H20N2O2. The molecule has 0 saturated carbocycles. The molecule has 1 aromatic rings. The Hall–Kier alpha value is -1.10. The highest BCUT2D eigenvalue weighted by Crippen LogP contribution is 2.28. The molecule has 94 valence electrons. The van der Waals surface area contributed by atoms with Crippen molar-refractivity contribution in [3.63, 3.8) is 0 Å². The number of benzene rings is 1. The van der Waals surface area contributed by atoms with E-state index in [9.17, 15) is 0 Å². The van der Waals surface area contributed by atoms with Gasteiger partial charge in [-0.3, -0.25) is 11.3 Å². The lowest BCUT2D eigenvalue weighted by Crippen LogP contribution is -2.32. The van der Waals surface area contributed by atoms with Gasteiger partial charge in [-0.1, -0.05) is 12.1 Å². The minimum absolute atomic E-state index is 0.0308. The molecule has 2 rings (SSSR count). The standard InChI is InChI=1S/C13H20N2O2/c1-9(2)17-8-12(15-14)10-3-4-13-11(7-10)5-6-16-13/h3-4,7,9,12,15H,5-6,8,14H2,1-2H3. The Bertz CT molecular complexity index is 380. The van der Waals surface area contributed by atoms with Gasteiger partial charge in [0.05, 0.1) is 25.4 Å². The van der Waals surface area contributed by atoms with Crippen molar-refractivity contribution in [3.8, 4) is 5.75 Å². The van der Waals surface area contributed by atoms with Crippen LogP contribution < -0.4 is 16.0 Å². The monoisotopic (exact) mass is 236 g/mol. The molecule has 1 atom stereocenters. The second kappa shape index (κ2) is 5.49. The van der Waals surface area contributed by atoms with E-state index >= 15 is 0 Å². The van der Waals surface area contributed by atoms with Crippen LogP contribution in [0.15, 0.2) is 18.2 Å². The van der Waals surface area contributed by atoms with E-state index in [0.717, 1.165) is 24.3 Å². The lowest BCUT2D eigenvalue weighted by molar-refractivity contribution is 0.0611. The summed E-state index contributed by atoms with van der Waals surface area (Å²) < 4.78 is 11.1. The molecule has 0 saturated heterocycles. The van der Waals surface area contributed by atoms with Gasteiger partial charge in [0.1, 0.15) is 5.75 Å². The lowest BCUT2D eigenvalue weighted by atomic mass is 10.0. The summed E-state index contributed by atoms with van der Waals surface area (Å²) >= 11 is 0. The fourth-order valence-electron chi connectivity index (χ4n) is 1.95. The highest BCUT2D eigenvalue weighted by molar-refractivity contribution is 5.40. The Kier molecular flexibility index (Phi) is 3.99. The van der Waals surface area contributed by atoms with Crippen molar-refractivity contribution < 1.29 is 9.47 Å². The topological polar surface area (TPSA) is 56.5 Å². The Labute approximate surface area is 102 Å². The first-order chi connectivity index (χ1) is 8.20. The molecule has 3 N–H and O–H groups in total. The van der Waals surface area contributed by atoms with Crippen LogP contribution in [0.5, 0.6) is 5.75 Å². The molecule has 0 amide bonds. The van der Waals surface area contributed by atoms with E-state index in [0.29, 0.717) is 6.61 Å². The van der Waals surface area contributed by atoms with Gasteiger partial charge in [-0.05, 0) is 31.0 Å². The van der Waals surface area contributed by atoms with Gasteiger partial charge in [-0.25, -0.2) is 0 Å². The van der Waals surface area contributed by atoms with Crippen molar-refractivity contribution in [2.45, 2.75) is 32.4 Å². The van der Waals surface area contributed by atoms with Crippen LogP contribution in [-0.2, 0) is 11.2 Å². The molecule has 1 aliphatic rings. The summed E-state index contributed by atoms with van der Waals surface area (Å²) in [7, 11) is 0. The van der Waals surface area contributed by atoms with Gasteiger partial charge in [-0.15, -0.1) is 0 Å². The molecule has 1 heterocycles. The van der Waals surface area contributed by atoms with E-state index < -0.39 is 0 Å². The van der Waals surface area contributed by atoms with E-state index in [1.54, 1.807) is 0 Å². The van der Waals surface area contributed by atoms with Crippen LogP contribution in [-0.4, -0.2) is 19.3 Å². The maximum Gasteiger partial charge on any atom is 0.122 e. The second-order valence-electron chi connectivity index (χ2n) is 4.57. The molecule has 4 heteroatoms. The van der Waals surface area contributed by atoms with Gasteiger partial charge in [0, 0.05) is 6.42 Å². The molecule has 0 fully saturated rings. The van der Waals surface area contributed by atoms with Gasteiger partial charge in [0.15, 0.2) is 0 Å². The second-order valence-corrected chi connectivity index (χ2v) is 4.57. The minimum Gasteiger partial charge on any atom is -0.493 e. The van der Waals surface area contributed by atoms with Crippen LogP contribution in [0.2, 0.25) is 0 Å². The highest BCUT2D eigenvalue weighted by atomic mass is 16.5. The number of nitrogens with two attached hydrogens (primary N) is 1. The van der Waals surface area contributed by atoms with E-state index in [1.165, 1.54) is 5.56 Å². The summed E-state index contributed by atoms with van der Waals surface area (Å²) in [5.41, 5.74) is 5.21. The van der Waals surface area contributed by atoms with Gasteiger partial charge < -0.3 is 9.47 Å². The molecule has 0 radical (unpaired) electrons. The van der Waals surface area contributed by atoms with Crippen molar-refractivity contribution in [3.05, 3.63) is 29.3 Å². The molecule has 1 unspecified atom stereocenters. The summed E-state index contributed by atoms with van der Waals surface area (Å²) in [6.45, 7) is 5.39. The zero-order valence-electron chi connectivity index (χ0n) is 10.4. The first kappa shape index (κ1) is 12.4. The van der Waals surface area contributed by atoms with Crippen molar-refractivity contribution >= 4 is 0 Å². The molecule has 0 bridgehead atoms. The molecule has 17 heavy (non-hydrogen) atoms. The van der Waals surface area contributed by atoms with E-state index in [1.807, 2.05) is 26.0 Å². The quantitative estimate of drug-likeness (QED) is 0.601. The zero-order valence-corrected chi connectivity index (χ0v) is 10.4. The zero-order chi connectivity index (χ0) is 12.3. The number of fused-ring (bicyclic) bond motifs is 1. The van der Waals surface area contributed by atoms with Gasteiger partial charge in [-0.2, -0.15) is 0 Å². The maximum absolute atomic E-state index is 5.59. The number of nitrogens with one attached hydrogen (secondary N) is 1. The first-order valence-electron chi connectivity index (χ1n) is 6.04. The van der Waals surface area contributed by atoms with Gasteiger partial charge >= 0.3 is 0 Å². The van der Waals surface area contributed by atoms with Crippen LogP contribution in [0.1, 0.15) is 31.0 Å². The molecule has 1 aromatic carbocycles. The maximum atomic E-state index is 5.59. The summed E-state index contributed by atoms with van der Waals surface area (Å²) in [5.74, 6) is 6.57. The van der Waals surface area contributed by atoms with Crippen molar-refractivity contribution in [2.75, 3.05) is 13.2 Å². The van der Waals surface area contributed by atoms with E-state index in [2.05, 4.69) is 11.5 Å². The van der Waals surface area contributed by atoms with Crippen LogP contribution in [0, 0.1) is 0 Å². The van der Waals surface area contributed by atoms with Crippen molar-refractivity contribution in [1.29, 1.82) is 0 Å². The van der Waals surface area contributed by atoms with E-state index in [-0.39, 0.29) is 12.1 Å². The number of hydrogen-bond acceptors (Lipinski definition) is 4. The largest absolute Gasteiger partial charge is 0.493 e. The molecule has 0 spiro atoms. The SMILES string of the molecule is CC(C)OCC(NN)c1ccc2c(c1)CCO2. The van der Waals surface area contributed by atoms with E-state index in [4.69, 9.17) is 15.3 Å². The normalized spacial score (nSPS) is 15.8.